The molecule has 0 aliphatic carbocycles. The Bertz CT molecular complexity index is 955. The second-order valence-electron chi connectivity index (χ2n) is 6.94. The van der Waals surface area contributed by atoms with Gasteiger partial charge in [0.15, 0.2) is 0 Å². The van der Waals surface area contributed by atoms with Gasteiger partial charge in [0.05, 0.1) is 24.8 Å². The molecule has 1 N–H and O–H groups in total. The first-order valence-corrected chi connectivity index (χ1v) is 10.2. The number of methoxy groups -OCH3 is 2. The summed E-state index contributed by atoms with van der Waals surface area (Å²) in [4.78, 5) is 16.3. The highest BCUT2D eigenvalue weighted by atomic mass is 16.5. The van der Waals surface area contributed by atoms with Crippen LogP contribution in [0.1, 0.15) is 18.7 Å². The molecule has 1 heterocycles. The SMILES string of the molecule is COCC(=O)NCCCc1nc2ccccc2n1CCCOc1cccc(OC)c1. The molecular weight excluding hydrogens is 382 g/mol. The summed E-state index contributed by atoms with van der Waals surface area (Å²) in [6.07, 6.45) is 2.47. The number of carbonyl (C=O) groups excluding carboxylic acids is 1. The first-order chi connectivity index (χ1) is 14.7. The van der Waals surface area contributed by atoms with E-state index in [1.807, 2.05) is 42.5 Å². The van der Waals surface area contributed by atoms with Gasteiger partial charge < -0.3 is 24.1 Å². The molecular formula is C23H29N3O4. The second kappa shape index (κ2) is 11.2. The molecule has 1 aromatic heterocycles. The lowest BCUT2D eigenvalue weighted by atomic mass is 10.2. The standard InChI is InChI=1S/C23H29N3O4/c1-28-17-23(27)24-13-6-12-22-25-20-10-3-4-11-21(20)26(22)14-7-15-30-19-9-5-8-18(16-19)29-2/h3-5,8-11,16H,6-7,12-15,17H2,1-2H3,(H,24,27). The van der Waals surface area contributed by atoms with Crippen LogP contribution in [-0.2, 0) is 22.5 Å². The molecule has 7 heteroatoms. The predicted octanol–water partition coefficient (Wildman–Crippen LogP) is 3.21. The summed E-state index contributed by atoms with van der Waals surface area (Å²) in [6.45, 7) is 2.11. The number of benzene rings is 2. The highest BCUT2D eigenvalue weighted by molar-refractivity contribution is 5.77. The van der Waals surface area contributed by atoms with Crippen molar-refractivity contribution in [3.63, 3.8) is 0 Å². The number of hydrogen-bond acceptors (Lipinski definition) is 5. The van der Waals surface area contributed by atoms with Gasteiger partial charge >= 0.3 is 0 Å². The van der Waals surface area contributed by atoms with Crippen LogP contribution in [-0.4, -0.2) is 49.4 Å². The number of para-hydroxylation sites is 2. The van der Waals surface area contributed by atoms with Gasteiger partial charge in [-0.1, -0.05) is 18.2 Å². The van der Waals surface area contributed by atoms with Gasteiger partial charge in [0, 0.05) is 32.7 Å². The van der Waals surface area contributed by atoms with Crippen LogP contribution in [0, 0.1) is 0 Å². The minimum Gasteiger partial charge on any atom is -0.497 e. The van der Waals surface area contributed by atoms with Gasteiger partial charge in [-0.2, -0.15) is 0 Å². The Morgan fingerprint density at radius 3 is 2.73 bits per heavy atom. The molecule has 0 aliphatic rings. The van der Waals surface area contributed by atoms with Crippen LogP contribution in [0.2, 0.25) is 0 Å². The molecule has 0 unspecified atom stereocenters. The van der Waals surface area contributed by atoms with Gasteiger partial charge in [0.25, 0.3) is 0 Å². The molecule has 0 saturated carbocycles. The van der Waals surface area contributed by atoms with Crippen molar-refractivity contribution in [3.05, 3.63) is 54.4 Å². The number of ether oxygens (including phenoxy) is 3. The Hall–Kier alpha value is -3.06. The van der Waals surface area contributed by atoms with Crippen molar-refractivity contribution in [2.75, 3.05) is 34.0 Å². The van der Waals surface area contributed by atoms with Crippen molar-refractivity contribution in [3.8, 4) is 11.5 Å². The van der Waals surface area contributed by atoms with Crippen LogP contribution in [0.15, 0.2) is 48.5 Å². The summed E-state index contributed by atoms with van der Waals surface area (Å²) in [5.41, 5.74) is 2.11. The fourth-order valence-corrected chi connectivity index (χ4v) is 3.33. The number of nitrogens with one attached hydrogen (secondary N) is 1. The summed E-state index contributed by atoms with van der Waals surface area (Å²) >= 11 is 0. The maximum absolute atomic E-state index is 11.5. The van der Waals surface area contributed by atoms with Crippen molar-refractivity contribution in [2.45, 2.75) is 25.8 Å². The van der Waals surface area contributed by atoms with Gasteiger partial charge in [-0.25, -0.2) is 4.98 Å². The number of hydrogen-bond donors (Lipinski definition) is 1. The van der Waals surface area contributed by atoms with Gasteiger partial charge in [-0.3, -0.25) is 4.79 Å². The van der Waals surface area contributed by atoms with Crippen LogP contribution < -0.4 is 14.8 Å². The largest absolute Gasteiger partial charge is 0.497 e. The van der Waals surface area contributed by atoms with Gasteiger partial charge in [0.1, 0.15) is 23.9 Å². The van der Waals surface area contributed by atoms with Gasteiger partial charge in [-0.15, -0.1) is 0 Å². The van der Waals surface area contributed by atoms with E-state index >= 15 is 0 Å². The first kappa shape index (κ1) is 21.6. The van der Waals surface area contributed by atoms with Crippen LogP contribution in [0.4, 0.5) is 0 Å². The number of carbonyl (C=O) groups is 1. The normalized spacial score (nSPS) is 10.9. The molecule has 3 aromatic rings. The fourth-order valence-electron chi connectivity index (χ4n) is 3.33. The molecule has 0 radical (unpaired) electrons. The number of nitrogens with zero attached hydrogens (tertiary/aromatic N) is 2. The van der Waals surface area contributed by atoms with E-state index in [2.05, 4.69) is 16.0 Å². The molecule has 0 atom stereocenters. The topological polar surface area (TPSA) is 74.6 Å². The van der Waals surface area contributed by atoms with Crippen molar-refractivity contribution in [1.82, 2.24) is 14.9 Å². The Morgan fingerprint density at radius 1 is 1.07 bits per heavy atom. The summed E-state index contributed by atoms with van der Waals surface area (Å²) in [5, 5.41) is 2.86. The van der Waals surface area contributed by atoms with E-state index in [0.29, 0.717) is 13.2 Å². The molecule has 0 fully saturated rings. The monoisotopic (exact) mass is 411 g/mol. The molecule has 7 nitrogen and oxygen atoms in total. The van der Waals surface area contributed by atoms with Crippen molar-refractivity contribution < 1.29 is 19.0 Å². The number of imidazole rings is 1. The molecule has 0 saturated heterocycles. The molecule has 0 aliphatic heterocycles. The summed E-state index contributed by atoms with van der Waals surface area (Å²) < 4.78 is 18.2. The van der Waals surface area contributed by atoms with Crippen molar-refractivity contribution in [1.29, 1.82) is 0 Å². The lowest BCUT2D eigenvalue weighted by Gasteiger charge is -2.11. The number of aromatic nitrogens is 2. The molecule has 0 bridgehead atoms. The third kappa shape index (κ3) is 5.97. The van der Waals surface area contributed by atoms with Crippen LogP contribution in [0.5, 0.6) is 11.5 Å². The number of aryl methyl sites for hydroxylation is 2. The maximum atomic E-state index is 11.5. The zero-order chi connectivity index (χ0) is 21.2. The van der Waals surface area contributed by atoms with Gasteiger partial charge in [-0.05, 0) is 37.1 Å². The third-order valence-electron chi connectivity index (χ3n) is 4.74. The van der Waals surface area contributed by atoms with Gasteiger partial charge in [0.2, 0.25) is 5.91 Å². The third-order valence-corrected chi connectivity index (χ3v) is 4.74. The molecule has 0 spiro atoms. The lowest BCUT2D eigenvalue weighted by molar-refractivity contribution is -0.124. The Labute approximate surface area is 177 Å². The fraction of sp³-hybridized carbons (Fsp3) is 0.391. The highest BCUT2D eigenvalue weighted by Gasteiger charge is 2.10. The van der Waals surface area contributed by atoms with E-state index < -0.39 is 0 Å². The van der Waals surface area contributed by atoms with E-state index in [4.69, 9.17) is 19.2 Å². The summed E-state index contributed by atoms with van der Waals surface area (Å²) in [7, 11) is 3.16. The lowest BCUT2D eigenvalue weighted by Crippen LogP contribution is -2.28. The van der Waals surface area contributed by atoms with E-state index in [9.17, 15) is 4.79 Å². The predicted molar refractivity (Wildman–Crippen MR) is 116 cm³/mol. The summed E-state index contributed by atoms with van der Waals surface area (Å²) in [5.74, 6) is 2.52. The smallest absolute Gasteiger partial charge is 0.245 e. The Morgan fingerprint density at radius 2 is 1.90 bits per heavy atom. The Balaban J connectivity index is 1.56. The minimum absolute atomic E-state index is 0.0891. The maximum Gasteiger partial charge on any atom is 0.245 e. The zero-order valence-corrected chi connectivity index (χ0v) is 17.6. The average Bonchev–Trinajstić information content (AvgIpc) is 3.12. The van der Waals surface area contributed by atoms with E-state index in [-0.39, 0.29) is 12.5 Å². The minimum atomic E-state index is -0.0966. The average molecular weight is 412 g/mol. The zero-order valence-electron chi connectivity index (χ0n) is 17.6. The van der Waals surface area contributed by atoms with Crippen molar-refractivity contribution >= 4 is 16.9 Å². The van der Waals surface area contributed by atoms with E-state index in [1.54, 1.807) is 7.11 Å². The highest BCUT2D eigenvalue weighted by Crippen LogP contribution is 2.20. The Kier molecular flexibility index (Phi) is 8.09. The van der Waals surface area contributed by atoms with Crippen molar-refractivity contribution in [2.24, 2.45) is 0 Å². The summed E-state index contributed by atoms with van der Waals surface area (Å²) in [6, 6.07) is 15.8. The molecule has 1 amide bonds. The van der Waals surface area contributed by atoms with Crippen LogP contribution in [0.3, 0.4) is 0 Å². The van der Waals surface area contributed by atoms with E-state index in [0.717, 1.165) is 54.2 Å². The number of fused-ring (bicyclic) bond motifs is 1. The molecule has 30 heavy (non-hydrogen) atoms. The van der Waals surface area contributed by atoms with Crippen LogP contribution >= 0.6 is 0 Å². The number of amides is 1. The number of rotatable bonds is 12. The first-order valence-electron chi connectivity index (χ1n) is 10.2. The van der Waals surface area contributed by atoms with E-state index in [1.165, 1.54) is 7.11 Å². The molecule has 160 valence electrons. The second-order valence-corrected chi connectivity index (χ2v) is 6.94. The molecule has 3 rings (SSSR count). The van der Waals surface area contributed by atoms with Crippen LogP contribution in [0.25, 0.3) is 11.0 Å². The molecule has 2 aromatic carbocycles. The quantitative estimate of drug-likeness (QED) is 0.463.